The monoisotopic (exact) mass is 163 g/mol. The number of rotatable bonds is 1. The third-order valence-corrected chi connectivity index (χ3v) is 1.59. The summed E-state index contributed by atoms with van der Waals surface area (Å²) in [7, 11) is 0. The van der Waals surface area contributed by atoms with Gasteiger partial charge in [0.25, 0.3) is 0 Å². The van der Waals surface area contributed by atoms with Crippen LogP contribution >= 0.6 is 0 Å². The van der Waals surface area contributed by atoms with Crippen molar-refractivity contribution in [3.05, 3.63) is 40.7 Å². The van der Waals surface area contributed by atoms with Crippen molar-refractivity contribution in [3.63, 3.8) is 0 Å². The van der Waals surface area contributed by atoms with E-state index in [1.807, 2.05) is 0 Å². The Bertz CT molecular complexity index is 435. The molecule has 0 aliphatic rings. The summed E-state index contributed by atoms with van der Waals surface area (Å²) in [6.07, 6.45) is 3.21. The predicted molar refractivity (Wildman–Crippen MR) is 41.8 cm³/mol. The number of fused-ring (bicyclic) bond motifs is 1. The maximum absolute atomic E-state index is 10.4. The van der Waals surface area contributed by atoms with E-state index in [0.717, 1.165) is 0 Å². The van der Waals surface area contributed by atoms with E-state index in [1.165, 1.54) is 10.5 Å². The molecular formula is C7H5N3O2. The molecule has 0 bridgehead atoms. The van der Waals surface area contributed by atoms with Gasteiger partial charge in [-0.3, -0.25) is 0 Å². The van der Waals surface area contributed by atoms with Gasteiger partial charge in [0.2, 0.25) is 5.65 Å². The minimum absolute atomic E-state index is 0.0399. The van der Waals surface area contributed by atoms with Crippen molar-refractivity contribution in [1.82, 2.24) is 9.38 Å². The molecule has 0 atom stereocenters. The number of hydrogen-bond acceptors (Lipinski definition) is 3. The van der Waals surface area contributed by atoms with Gasteiger partial charge in [0.15, 0.2) is 0 Å². The molecule has 0 amide bonds. The van der Waals surface area contributed by atoms with Crippen LogP contribution in [0.2, 0.25) is 0 Å². The molecule has 0 aromatic carbocycles. The lowest BCUT2D eigenvalue weighted by Gasteiger charge is -1.91. The summed E-state index contributed by atoms with van der Waals surface area (Å²) in [6, 6.07) is 4.69. The Morgan fingerprint density at radius 2 is 2.33 bits per heavy atom. The highest BCUT2D eigenvalue weighted by Crippen LogP contribution is 2.13. The first-order valence-electron chi connectivity index (χ1n) is 3.35. The lowest BCUT2D eigenvalue weighted by molar-refractivity contribution is -0.390. The Hall–Kier alpha value is -1.91. The minimum atomic E-state index is -0.436. The normalized spacial score (nSPS) is 10.3. The maximum atomic E-state index is 10.4. The summed E-state index contributed by atoms with van der Waals surface area (Å²) in [5.74, 6) is 0.0399. The zero-order chi connectivity index (χ0) is 8.55. The Balaban J connectivity index is 2.79. The first-order valence-corrected chi connectivity index (χ1v) is 3.35. The number of hydrogen-bond donors (Lipinski definition) is 0. The quantitative estimate of drug-likeness (QED) is 0.469. The van der Waals surface area contributed by atoms with E-state index >= 15 is 0 Å². The van der Waals surface area contributed by atoms with Gasteiger partial charge in [-0.2, -0.15) is 4.40 Å². The van der Waals surface area contributed by atoms with Crippen LogP contribution in [0.4, 0.5) is 5.82 Å². The van der Waals surface area contributed by atoms with Crippen molar-refractivity contribution < 1.29 is 4.92 Å². The van der Waals surface area contributed by atoms with Crippen molar-refractivity contribution >= 4 is 11.5 Å². The van der Waals surface area contributed by atoms with E-state index in [9.17, 15) is 10.1 Å². The first kappa shape index (κ1) is 6.78. The lowest BCUT2D eigenvalue weighted by Crippen LogP contribution is -1.93. The molecule has 2 aromatic rings. The fourth-order valence-corrected chi connectivity index (χ4v) is 1.08. The molecule has 60 valence electrons. The Labute approximate surface area is 67.4 Å². The topological polar surface area (TPSA) is 60.4 Å². The Kier molecular flexibility index (Phi) is 1.30. The molecule has 0 aliphatic heterocycles. The molecule has 0 N–H and O–H groups in total. The van der Waals surface area contributed by atoms with Crippen LogP contribution in [-0.2, 0) is 0 Å². The van der Waals surface area contributed by atoms with Gasteiger partial charge in [0.05, 0.1) is 6.20 Å². The van der Waals surface area contributed by atoms with Gasteiger partial charge in [-0.1, -0.05) is 0 Å². The second kappa shape index (κ2) is 2.30. The molecule has 12 heavy (non-hydrogen) atoms. The molecule has 0 saturated carbocycles. The molecule has 2 rings (SSSR count). The fourth-order valence-electron chi connectivity index (χ4n) is 1.08. The second-order valence-electron chi connectivity index (χ2n) is 2.30. The zero-order valence-corrected chi connectivity index (χ0v) is 6.04. The van der Waals surface area contributed by atoms with Crippen LogP contribution in [0, 0.1) is 10.1 Å². The van der Waals surface area contributed by atoms with Crippen LogP contribution in [0.1, 0.15) is 0 Å². The summed E-state index contributed by atoms with van der Waals surface area (Å²) in [6.45, 7) is 0. The lowest BCUT2D eigenvalue weighted by atomic mass is 10.6. The molecule has 0 unspecified atom stereocenters. The van der Waals surface area contributed by atoms with E-state index in [1.54, 1.807) is 24.5 Å². The average Bonchev–Trinajstić information content (AvgIpc) is 2.47. The van der Waals surface area contributed by atoms with Gasteiger partial charge in [-0.15, -0.1) is 0 Å². The Morgan fingerprint density at radius 3 is 3.08 bits per heavy atom. The summed E-state index contributed by atoms with van der Waals surface area (Å²) in [5.41, 5.74) is 0.587. The van der Waals surface area contributed by atoms with E-state index in [2.05, 4.69) is 4.98 Å². The van der Waals surface area contributed by atoms with Gasteiger partial charge in [-0.05, 0) is 11.0 Å². The maximum Gasteiger partial charge on any atom is 0.329 e. The summed E-state index contributed by atoms with van der Waals surface area (Å²) in [4.78, 5) is 13.9. The van der Waals surface area contributed by atoms with Crippen LogP contribution in [0.15, 0.2) is 30.6 Å². The number of nitro groups is 1. The van der Waals surface area contributed by atoms with Crippen LogP contribution in [0.25, 0.3) is 5.65 Å². The van der Waals surface area contributed by atoms with Crippen molar-refractivity contribution in [2.45, 2.75) is 0 Å². The molecule has 5 nitrogen and oxygen atoms in total. The van der Waals surface area contributed by atoms with Gasteiger partial charge in [0.1, 0.15) is 0 Å². The van der Waals surface area contributed by atoms with Gasteiger partial charge in [-0.25, -0.2) is 4.98 Å². The van der Waals surface area contributed by atoms with Gasteiger partial charge in [0, 0.05) is 18.3 Å². The van der Waals surface area contributed by atoms with Crippen LogP contribution in [-0.4, -0.2) is 14.3 Å². The van der Waals surface area contributed by atoms with Crippen molar-refractivity contribution in [2.75, 3.05) is 0 Å². The molecule has 0 saturated heterocycles. The van der Waals surface area contributed by atoms with Crippen LogP contribution in [0.3, 0.4) is 0 Å². The SMILES string of the molecule is O=[N+]([O-])c1ccc2ncccn12. The molecule has 0 fully saturated rings. The largest absolute Gasteiger partial charge is 0.358 e. The smallest absolute Gasteiger partial charge is 0.329 e. The average molecular weight is 163 g/mol. The highest BCUT2D eigenvalue weighted by atomic mass is 16.6. The fraction of sp³-hybridized carbons (Fsp3) is 0. The van der Waals surface area contributed by atoms with Crippen molar-refractivity contribution in [1.29, 1.82) is 0 Å². The van der Waals surface area contributed by atoms with Crippen LogP contribution < -0.4 is 0 Å². The molecule has 0 aliphatic carbocycles. The molecule has 5 heteroatoms. The van der Waals surface area contributed by atoms with Gasteiger partial charge < -0.3 is 10.1 Å². The van der Waals surface area contributed by atoms with Crippen molar-refractivity contribution in [3.8, 4) is 0 Å². The number of aromatic nitrogens is 2. The first-order chi connectivity index (χ1) is 5.79. The highest BCUT2D eigenvalue weighted by Gasteiger charge is 2.10. The van der Waals surface area contributed by atoms with Gasteiger partial charge >= 0.3 is 5.82 Å². The molecule has 0 radical (unpaired) electrons. The molecular weight excluding hydrogens is 158 g/mol. The van der Waals surface area contributed by atoms with E-state index in [0.29, 0.717) is 5.65 Å². The van der Waals surface area contributed by atoms with Crippen LogP contribution in [0.5, 0.6) is 0 Å². The zero-order valence-electron chi connectivity index (χ0n) is 6.04. The molecule has 2 heterocycles. The number of nitrogens with zero attached hydrogens (tertiary/aromatic N) is 3. The third-order valence-electron chi connectivity index (χ3n) is 1.59. The van der Waals surface area contributed by atoms with Crippen molar-refractivity contribution in [2.24, 2.45) is 0 Å². The summed E-state index contributed by atoms with van der Waals surface area (Å²) < 4.78 is 1.43. The highest BCUT2D eigenvalue weighted by molar-refractivity contribution is 5.46. The standard InChI is InChI=1S/C7H5N3O2/c11-10(12)7-3-2-6-8-4-1-5-9(6)7/h1-5H. The third kappa shape index (κ3) is 0.833. The summed E-state index contributed by atoms with van der Waals surface area (Å²) >= 11 is 0. The van der Waals surface area contributed by atoms with E-state index in [4.69, 9.17) is 0 Å². The molecule has 2 aromatic heterocycles. The van der Waals surface area contributed by atoms with E-state index < -0.39 is 4.92 Å². The Morgan fingerprint density at radius 1 is 1.50 bits per heavy atom. The minimum Gasteiger partial charge on any atom is -0.358 e. The summed E-state index contributed by atoms with van der Waals surface area (Å²) in [5, 5.41) is 10.4. The predicted octanol–water partition coefficient (Wildman–Crippen LogP) is 1.24. The second-order valence-corrected chi connectivity index (χ2v) is 2.30. The van der Waals surface area contributed by atoms with E-state index in [-0.39, 0.29) is 5.82 Å². The molecule has 0 spiro atoms.